The van der Waals surface area contributed by atoms with Gasteiger partial charge in [0.05, 0.1) is 0 Å². The first-order chi connectivity index (χ1) is 8.90. The summed E-state index contributed by atoms with van der Waals surface area (Å²) in [5, 5.41) is 2.82. The highest BCUT2D eigenvalue weighted by molar-refractivity contribution is 5.77. The molecule has 106 valence electrons. The molecule has 4 heteroatoms. The fourth-order valence-electron chi connectivity index (χ4n) is 1.66. The molecule has 0 saturated carbocycles. The third-order valence-corrected chi connectivity index (χ3v) is 2.73. The number of hydrogen-bond donors (Lipinski definition) is 2. The van der Waals surface area contributed by atoms with Crippen LogP contribution in [0.15, 0.2) is 18.2 Å². The third kappa shape index (κ3) is 5.30. The molecule has 0 aliphatic carbocycles. The number of carbonyl (C=O) groups is 1. The fraction of sp³-hybridized carbons (Fsp3) is 0.533. The summed E-state index contributed by atoms with van der Waals surface area (Å²) in [5.41, 5.74) is 7.89. The van der Waals surface area contributed by atoms with Gasteiger partial charge in [0.2, 0.25) is 0 Å². The van der Waals surface area contributed by atoms with Crippen molar-refractivity contribution in [2.24, 2.45) is 11.7 Å². The summed E-state index contributed by atoms with van der Waals surface area (Å²) < 4.78 is 5.58. The van der Waals surface area contributed by atoms with E-state index in [-0.39, 0.29) is 18.6 Å². The van der Waals surface area contributed by atoms with Gasteiger partial charge in [0, 0.05) is 18.2 Å². The summed E-state index contributed by atoms with van der Waals surface area (Å²) >= 11 is 0. The molecule has 0 unspecified atom stereocenters. The number of carbonyl (C=O) groups excluding carboxylic acids is 1. The maximum atomic E-state index is 11.6. The molecular weight excluding hydrogens is 240 g/mol. The zero-order valence-electron chi connectivity index (χ0n) is 12.2. The molecule has 0 aromatic heterocycles. The molecule has 3 N–H and O–H groups in total. The molecule has 0 saturated heterocycles. The summed E-state index contributed by atoms with van der Waals surface area (Å²) in [6, 6.07) is 5.73. The fourth-order valence-corrected chi connectivity index (χ4v) is 1.66. The molecule has 19 heavy (non-hydrogen) atoms. The van der Waals surface area contributed by atoms with E-state index in [0.717, 1.165) is 11.1 Å². The monoisotopic (exact) mass is 264 g/mol. The largest absolute Gasteiger partial charge is 0.483 e. The van der Waals surface area contributed by atoms with Crippen molar-refractivity contribution in [1.82, 2.24) is 5.32 Å². The molecule has 1 aromatic rings. The summed E-state index contributed by atoms with van der Waals surface area (Å²) in [5.74, 6) is 1.02. The molecular formula is C15H24N2O2. The van der Waals surface area contributed by atoms with Crippen molar-refractivity contribution in [2.75, 3.05) is 13.2 Å². The average Bonchev–Trinajstić information content (AvgIpc) is 2.33. The quantitative estimate of drug-likeness (QED) is 0.827. The van der Waals surface area contributed by atoms with E-state index in [0.29, 0.717) is 18.2 Å². The van der Waals surface area contributed by atoms with E-state index in [1.165, 1.54) is 0 Å². The molecule has 4 nitrogen and oxygen atoms in total. The number of amides is 1. The predicted molar refractivity (Wildman–Crippen MR) is 77.1 cm³/mol. The number of hydrogen-bond acceptors (Lipinski definition) is 3. The van der Waals surface area contributed by atoms with E-state index >= 15 is 0 Å². The Bertz CT molecular complexity index is 428. The molecule has 1 atom stereocenters. The van der Waals surface area contributed by atoms with E-state index < -0.39 is 0 Å². The SMILES string of the molecule is Cc1ccc([C@@H](C)N)c(OCC(=O)NCC(C)C)c1. The van der Waals surface area contributed by atoms with Gasteiger partial charge in [-0.05, 0) is 31.4 Å². The lowest BCUT2D eigenvalue weighted by Crippen LogP contribution is -2.32. The molecule has 0 heterocycles. The van der Waals surface area contributed by atoms with Crippen LogP contribution in [0.25, 0.3) is 0 Å². The second kappa shape index (κ2) is 7.14. The molecule has 0 aliphatic heterocycles. The number of nitrogens with one attached hydrogen (secondary N) is 1. The van der Waals surface area contributed by atoms with Crippen LogP contribution < -0.4 is 15.8 Å². The summed E-state index contributed by atoms with van der Waals surface area (Å²) in [4.78, 5) is 11.6. The standard InChI is InChI=1S/C15H24N2O2/c1-10(2)8-17-15(18)9-19-14-7-11(3)5-6-13(14)12(4)16/h5-7,10,12H,8-9,16H2,1-4H3,(H,17,18)/t12-/m1/s1. The van der Waals surface area contributed by atoms with Crippen molar-refractivity contribution < 1.29 is 9.53 Å². The van der Waals surface area contributed by atoms with Gasteiger partial charge < -0.3 is 15.8 Å². The van der Waals surface area contributed by atoms with Crippen LogP contribution >= 0.6 is 0 Å². The van der Waals surface area contributed by atoms with Crippen LogP contribution in [-0.4, -0.2) is 19.1 Å². The van der Waals surface area contributed by atoms with E-state index in [1.54, 1.807) is 0 Å². The minimum Gasteiger partial charge on any atom is -0.483 e. The van der Waals surface area contributed by atoms with Crippen molar-refractivity contribution >= 4 is 5.91 Å². The normalized spacial score (nSPS) is 12.3. The van der Waals surface area contributed by atoms with Crippen molar-refractivity contribution in [3.63, 3.8) is 0 Å². The van der Waals surface area contributed by atoms with Gasteiger partial charge in [-0.3, -0.25) is 4.79 Å². The Balaban J connectivity index is 2.61. The van der Waals surface area contributed by atoms with Gasteiger partial charge in [-0.25, -0.2) is 0 Å². The molecule has 0 radical (unpaired) electrons. The Kier molecular flexibility index (Phi) is 5.83. The van der Waals surface area contributed by atoms with Crippen molar-refractivity contribution in [3.8, 4) is 5.75 Å². The van der Waals surface area contributed by atoms with Crippen LogP contribution in [-0.2, 0) is 4.79 Å². The van der Waals surface area contributed by atoms with Gasteiger partial charge in [0.1, 0.15) is 5.75 Å². The van der Waals surface area contributed by atoms with Crippen LogP contribution in [0.4, 0.5) is 0 Å². The zero-order valence-corrected chi connectivity index (χ0v) is 12.2. The van der Waals surface area contributed by atoms with Gasteiger partial charge in [0.25, 0.3) is 5.91 Å². The van der Waals surface area contributed by atoms with E-state index in [2.05, 4.69) is 19.2 Å². The van der Waals surface area contributed by atoms with Crippen LogP contribution in [0.3, 0.4) is 0 Å². The van der Waals surface area contributed by atoms with Crippen LogP contribution in [0.5, 0.6) is 5.75 Å². The van der Waals surface area contributed by atoms with Crippen LogP contribution in [0.1, 0.15) is 37.9 Å². The molecule has 1 rings (SSSR count). The highest BCUT2D eigenvalue weighted by Crippen LogP contribution is 2.24. The maximum absolute atomic E-state index is 11.6. The Morgan fingerprint density at radius 2 is 2.05 bits per heavy atom. The molecule has 0 fully saturated rings. The predicted octanol–water partition coefficient (Wildman–Crippen LogP) is 2.17. The van der Waals surface area contributed by atoms with Gasteiger partial charge >= 0.3 is 0 Å². The topological polar surface area (TPSA) is 64.3 Å². The minimum absolute atomic E-state index is 0.0237. The third-order valence-electron chi connectivity index (χ3n) is 2.73. The Labute approximate surface area is 115 Å². The smallest absolute Gasteiger partial charge is 0.257 e. The second-order valence-corrected chi connectivity index (χ2v) is 5.32. The Morgan fingerprint density at radius 3 is 2.63 bits per heavy atom. The number of nitrogens with two attached hydrogens (primary N) is 1. The lowest BCUT2D eigenvalue weighted by Gasteiger charge is -2.15. The molecule has 0 aliphatic rings. The zero-order chi connectivity index (χ0) is 14.4. The molecule has 0 bridgehead atoms. The van der Waals surface area contributed by atoms with Crippen molar-refractivity contribution in [3.05, 3.63) is 29.3 Å². The first-order valence-corrected chi connectivity index (χ1v) is 6.65. The number of ether oxygens (including phenoxy) is 1. The lowest BCUT2D eigenvalue weighted by atomic mass is 10.1. The first kappa shape index (κ1) is 15.5. The average molecular weight is 264 g/mol. The number of aryl methyl sites for hydroxylation is 1. The van der Waals surface area contributed by atoms with E-state index in [9.17, 15) is 4.79 Å². The maximum Gasteiger partial charge on any atom is 0.257 e. The summed E-state index contributed by atoms with van der Waals surface area (Å²) in [6.07, 6.45) is 0. The number of benzene rings is 1. The number of rotatable bonds is 6. The highest BCUT2D eigenvalue weighted by atomic mass is 16.5. The summed E-state index contributed by atoms with van der Waals surface area (Å²) in [7, 11) is 0. The van der Waals surface area contributed by atoms with Gasteiger partial charge in [-0.2, -0.15) is 0 Å². The summed E-state index contributed by atoms with van der Waals surface area (Å²) in [6.45, 7) is 8.67. The Morgan fingerprint density at radius 1 is 1.37 bits per heavy atom. The second-order valence-electron chi connectivity index (χ2n) is 5.32. The lowest BCUT2D eigenvalue weighted by molar-refractivity contribution is -0.123. The van der Waals surface area contributed by atoms with Gasteiger partial charge in [0.15, 0.2) is 6.61 Å². The van der Waals surface area contributed by atoms with Gasteiger partial charge in [-0.15, -0.1) is 0 Å². The minimum atomic E-state index is -0.116. The Hall–Kier alpha value is -1.55. The molecule has 1 aromatic carbocycles. The van der Waals surface area contributed by atoms with Gasteiger partial charge in [-0.1, -0.05) is 26.0 Å². The van der Waals surface area contributed by atoms with Crippen molar-refractivity contribution in [2.45, 2.75) is 33.7 Å². The van der Waals surface area contributed by atoms with Crippen molar-refractivity contribution in [1.29, 1.82) is 0 Å². The highest BCUT2D eigenvalue weighted by Gasteiger charge is 2.10. The van der Waals surface area contributed by atoms with E-state index in [4.69, 9.17) is 10.5 Å². The van der Waals surface area contributed by atoms with Crippen LogP contribution in [0.2, 0.25) is 0 Å². The molecule has 0 spiro atoms. The first-order valence-electron chi connectivity index (χ1n) is 6.65. The van der Waals surface area contributed by atoms with E-state index in [1.807, 2.05) is 32.0 Å². The molecule has 1 amide bonds. The van der Waals surface area contributed by atoms with Crippen LogP contribution in [0, 0.1) is 12.8 Å².